The summed E-state index contributed by atoms with van der Waals surface area (Å²) in [6, 6.07) is 49.6. The van der Waals surface area contributed by atoms with Gasteiger partial charge in [0.2, 0.25) is 0 Å². The van der Waals surface area contributed by atoms with Crippen LogP contribution in [0.15, 0.2) is 140 Å². The van der Waals surface area contributed by atoms with E-state index in [9.17, 15) is 0 Å². The Bertz CT molecular complexity index is 1700. The number of anilines is 5. The molecular formula is C37H35N3. The van der Waals surface area contributed by atoms with Gasteiger partial charge in [-0.1, -0.05) is 111 Å². The van der Waals surface area contributed by atoms with Gasteiger partial charge in [-0.05, 0) is 65.7 Å². The van der Waals surface area contributed by atoms with Crippen molar-refractivity contribution < 1.29 is 0 Å². The number of nitrogens with zero attached hydrogens (tertiary/aromatic N) is 2. The van der Waals surface area contributed by atoms with Crippen LogP contribution in [-0.2, 0) is 0 Å². The minimum absolute atomic E-state index is 0.125. The first-order chi connectivity index (χ1) is 19.7. The second kappa shape index (κ2) is 11.6. The summed E-state index contributed by atoms with van der Waals surface area (Å²) in [6.07, 6.45) is 3.00. The topological polar surface area (TPSA) is 32.5 Å². The monoisotopic (exact) mass is 521 g/mol. The highest BCUT2D eigenvalue weighted by Gasteiger charge is 2.21. The maximum atomic E-state index is 6.92. The molecule has 0 spiro atoms. The largest absolute Gasteiger partial charge is 0.325 e. The standard InChI is InChI=1S/C37H35N3/c1-2-3-23-37(38)40(36-22-12-16-29-14-8-10-20-34(29)36)32-26-24-31(25-27-32)39(30-17-5-4-6-18-30)35-21-11-15-28-13-7-9-19-33(28)35/h4-22,24-27,37H,2-3,23,38H2,1H3. The number of hydrogen-bond donors (Lipinski definition) is 1. The molecule has 0 saturated heterocycles. The quantitative estimate of drug-likeness (QED) is 0.192. The van der Waals surface area contributed by atoms with Crippen LogP contribution in [0.4, 0.5) is 28.4 Å². The van der Waals surface area contributed by atoms with Crippen LogP contribution in [0.3, 0.4) is 0 Å². The molecule has 0 aliphatic carbocycles. The van der Waals surface area contributed by atoms with Gasteiger partial charge in [0.05, 0.1) is 17.5 Å². The molecule has 0 heterocycles. The molecule has 6 rings (SSSR count). The Kier molecular flexibility index (Phi) is 7.47. The molecule has 40 heavy (non-hydrogen) atoms. The van der Waals surface area contributed by atoms with Gasteiger partial charge in [-0.2, -0.15) is 0 Å². The number of nitrogens with two attached hydrogens (primary N) is 1. The molecular weight excluding hydrogens is 486 g/mol. The minimum Gasteiger partial charge on any atom is -0.325 e. The van der Waals surface area contributed by atoms with Gasteiger partial charge in [-0.3, -0.25) is 0 Å². The van der Waals surface area contributed by atoms with Gasteiger partial charge in [-0.15, -0.1) is 0 Å². The summed E-state index contributed by atoms with van der Waals surface area (Å²) in [4.78, 5) is 4.65. The second-order valence-corrected chi connectivity index (χ2v) is 10.3. The lowest BCUT2D eigenvalue weighted by atomic mass is 10.0. The zero-order chi connectivity index (χ0) is 27.3. The van der Waals surface area contributed by atoms with Crippen molar-refractivity contribution >= 4 is 50.0 Å². The highest BCUT2D eigenvalue weighted by atomic mass is 15.2. The Labute approximate surface area is 237 Å². The normalized spacial score (nSPS) is 11.9. The van der Waals surface area contributed by atoms with E-state index in [2.05, 4.69) is 156 Å². The summed E-state index contributed by atoms with van der Waals surface area (Å²) < 4.78 is 0. The lowest BCUT2D eigenvalue weighted by Crippen LogP contribution is -2.38. The number of fused-ring (bicyclic) bond motifs is 2. The van der Waals surface area contributed by atoms with Crippen molar-refractivity contribution in [1.82, 2.24) is 0 Å². The highest BCUT2D eigenvalue weighted by molar-refractivity contribution is 5.99. The fourth-order valence-corrected chi connectivity index (χ4v) is 5.64. The number of hydrogen-bond acceptors (Lipinski definition) is 3. The molecule has 0 fully saturated rings. The van der Waals surface area contributed by atoms with E-state index in [1.54, 1.807) is 0 Å². The number of unbranched alkanes of at least 4 members (excludes halogenated alkanes) is 1. The molecule has 1 atom stereocenters. The van der Waals surface area contributed by atoms with Crippen LogP contribution in [0.1, 0.15) is 26.2 Å². The van der Waals surface area contributed by atoms with Crippen LogP contribution in [0.25, 0.3) is 21.5 Å². The molecule has 0 aliphatic rings. The van der Waals surface area contributed by atoms with Gasteiger partial charge in [0.15, 0.2) is 0 Å². The van der Waals surface area contributed by atoms with E-state index in [-0.39, 0.29) is 6.17 Å². The minimum atomic E-state index is -0.125. The predicted octanol–water partition coefficient (Wildman–Crippen LogP) is 10.1. The lowest BCUT2D eigenvalue weighted by molar-refractivity contribution is 0.583. The predicted molar refractivity (Wildman–Crippen MR) is 172 cm³/mol. The smallest absolute Gasteiger partial charge is 0.0820 e. The maximum absolute atomic E-state index is 6.92. The van der Waals surface area contributed by atoms with Crippen molar-refractivity contribution in [2.24, 2.45) is 5.73 Å². The molecule has 0 amide bonds. The third-order valence-electron chi connectivity index (χ3n) is 7.62. The molecule has 0 bridgehead atoms. The zero-order valence-corrected chi connectivity index (χ0v) is 22.9. The lowest BCUT2D eigenvalue weighted by Gasteiger charge is -2.33. The Morgan fingerprint density at radius 1 is 0.525 bits per heavy atom. The van der Waals surface area contributed by atoms with Crippen LogP contribution >= 0.6 is 0 Å². The summed E-state index contributed by atoms with van der Waals surface area (Å²) in [6.45, 7) is 2.22. The van der Waals surface area contributed by atoms with Crippen LogP contribution in [0.2, 0.25) is 0 Å². The molecule has 3 heteroatoms. The SMILES string of the molecule is CCCCC(N)N(c1ccc(N(c2ccccc2)c2cccc3ccccc23)cc1)c1cccc2ccccc12. The number of benzene rings is 6. The Morgan fingerprint density at radius 2 is 1.02 bits per heavy atom. The molecule has 0 radical (unpaired) electrons. The molecule has 0 saturated carbocycles. The van der Waals surface area contributed by atoms with Gasteiger partial charge >= 0.3 is 0 Å². The number of para-hydroxylation sites is 1. The zero-order valence-electron chi connectivity index (χ0n) is 22.9. The molecule has 198 valence electrons. The van der Waals surface area contributed by atoms with Crippen molar-refractivity contribution in [3.05, 3.63) is 140 Å². The molecule has 6 aromatic carbocycles. The maximum Gasteiger partial charge on any atom is 0.0820 e. The first kappa shape index (κ1) is 25.7. The van der Waals surface area contributed by atoms with E-state index < -0.39 is 0 Å². The van der Waals surface area contributed by atoms with Gasteiger partial charge in [0, 0.05) is 27.8 Å². The van der Waals surface area contributed by atoms with Crippen LogP contribution in [-0.4, -0.2) is 6.17 Å². The Hall–Kier alpha value is -4.60. The van der Waals surface area contributed by atoms with Gasteiger partial charge in [0.1, 0.15) is 0 Å². The van der Waals surface area contributed by atoms with E-state index >= 15 is 0 Å². The van der Waals surface area contributed by atoms with Crippen LogP contribution in [0, 0.1) is 0 Å². The van der Waals surface area contributed by atoms with Crippen LogP contribution in [0.5, 0.6) is 0 Å². The van der Waals surface area contributed by atoms with Crippen molar-refractivity contribution in [2.45, 2.75) is 32.4 Å². The molecule has 6 aromatic rings. The second-order valence-electron chi connectivity index (χ2n) is 10.3. The molecule has 0 aliphatic heterocycles. The van der Waals surface area contributed by atoms with Crippen LogP contribution < -0.4 is 15.5 Å². The van der Waals surface area contributed by atoms with Gasteiger partial charge in [-0.25, -0.2) is 0 Å². The van der Waals surface area contributed by atoms with E-state index in [0.29, 0.717) is 0 Å². The van der Waals surface area contributed by atoms with Crippen molar-refractivity contribution in [1.29, 1.82) is 0 Å². The first-order valence-electron chi connectivity index (χ1n) is 14.2. The third-order valence-corrected chi connectivity index (χ3v) is 7.62. The summed E-state index contributed by atoms with van der Waals surface area (Å²) in [5.41, 5.74) is 12.5. The Morgan fingerprint density at radius 3 is 1.68 bits per heavy atom. The molecule has 1 unspecified atom stereocenters. The third kappa shape index (κ3) is 5.04. The molecule has 2 N–H and O–H groups in total. The highest BCUT2D eigenvalue weighted by Crippen LogP contribution is 2.40. The van der Waals surface area contributed by atoms with Crippen molar-refractivity contribution in [3.63, 3.8) is 0 Å². The van der Waals surface area contributed by atoms with E-state index in [1.165, 1.54) is 21.5 Å². The molecule has 0 aromatic heterocycles. The first-order valence-corrected chi connectivity index (χ1v) is 14.2. The average molecular weight is 522 g/mol. The van der Waals surface area contributed by atoms with Crippen molar-refractivity contribution in [2.75, 3.05) is 9.80 Å². The Balaban J connectivity index is 1.46. The fourth-order valence-electron chi connectivity index (χ4n) is 5.64. The summed E-state index contributed by atoms with van der Waals surface area (Å²) in [5.74, 6) is 0. The van der Waals surface area contributed by atoms with E-state index in [4.69, 9.17) is 5.73 Å². The van der Waals surface area contributed by atoms with E-state index in [0.717, 1.165) is 47.7 Å². The van der Waals surface area contributed by atoms with Gasteiger partial charge in [0.25, 0.3) is 0 Å². The summed E-state index contributed by atoms with van der Waals surface area (Å²) in [5, 5.41) is 4.87. The summed E-state index contributed by atoms with van der Waals surface area (Å²) >= 11 is 0. The fraction of sp³-hybridized carbons (Fsp3) is 0.135. The number of rotatable bonds is 9. The molecule has 3 nitrogen and oxygen atoms in total. The average Bonchev–Trinajstić information content (AvgIpc) is 3.02. The van der Waals surface area contributed by atoms with E-state index in [1.807, 2.05) is 0 Å². The van der Waals surface area contributed by atoms with Gasteiger partial charge < -0.3 is 15.5 Å². The summed E-state index contributed by atoms with van der Waals surface area (Å²) in [7, 11) is 0. The van der Waals surface area contributed by atoms with Crippen molar-refractivity contribution in [3.8, 4) is 0 Å².